The van der Waals surface area contributed by atoms with Gasteiger partial charge in [-0.25, -0.2) is 9.97 Å². The number of anilines is 2. The van der Waals surface area contributed by atoms with E-state index < -0.39 is 0 Å². The number of rotatable bonds is 7. The molecule has 1 amide bonds. The highest BCUT2D eigenvalue weighted by Crippen LogP contribution is 2.33. The van der Waals surface area contributed by atoms with Crippen molar-refractivity contribution in [3.63, 3.8) is 0 Å². The third kappa shape index (κ3) is 4.54. The van der Waals surface area contributed by atoms with Crippen LogP contribution in [0, 0.1) is 5.92 Å². The fourth-order valence-corrected chi connectivity index (χ4v) is 3.93. The van der Waals surface area contributed by atoms with Crippen molar-refractivity contribution in [1.29, 1.82) is 0 Å². The molecule has 0 aliphatic carbocycles. The van der Waals surface area contributed by atoms with Gasteiger partial charge in [-0.15, -0.1) is 0 Å². The Morgan fingerprint density at radius 2 is 1.91 bits per heavy atom. The van der Waals surface area contributed by atoms with Crippen molar-refractivity contribution in [3.8, 4) is 17.4 Å². The molecule has 168 valence electrons. The minimum absolute atomic E-state index is 0.0510. The van der Waals surface area contributed by atoms with Crippen LogP contribution in [0.25, 0.3) is 11.0 Å². The van der Waals surface area contributed by atoms with E-state index in [0.29, 0.717) is 42.0 Å². The average Bonchev–Trinajstić information content (AvgIpc) is 2.84. The van der Waals surface area contributed by atoms with Crippen molar-refractivity contribution < 1.29 is 19.0 Å². The van der Waals surface area contributed by atoms with Crippen LogP contribution < -0.4 is 24.4 Å². The number of piperidine rings is 1. The lowest BCUT2D eigenvalue weighted by Gasteiger charge is -2.33. The van der Waals surface area contributed by atoms with Gasteiger partial charge in [0, 0.05) is 19.2 Å². The van der Waals surface area contributed by atoms with Crippen LogP contribution in [-0.2, 0) is 4.79 Å². The van der Waals surface area contributed by atoms with Gasteiger partial charge in [-0.2, -0.15) is 0 Å². The molecule has 3 aromatic rings. The Morgan fingerprint density at radius 3 is 2.62 bits per heavy atom. The highest BCUT2D eigenvalue weighted by Gasteiger charge is 2.29. The number of para-hydroxylation sites is 2. The maximum Gasteiger partial charge on any atom is 0.258 e. The molecule has 2 aromatic carbocycles. The Hall–Kier alpha value is -3.55. The number of carbonyl (C=O) groups is 1. The van der Waals surface area contributed by atoms with E-state index in [2.05, 4.69) is 15.2 Å². The number of hydrogen-bond donors (Lipinski definition) is 1. The minimum atomic E-state index is -0.196. The molecule has 32 heavy (non-hydrogen) atoms. The second-order valence-electron chi connectivity index (χ2n) is 7.61. The molecule has 4 rings (SSSR count). The van der Waals surface area contributed by atoms with Gasteiger partial charge in [-0.05, 0) is 44.0 Å². The Balaban J connectivity index is 1.55. The largest absolute Gasteiger partial charge is 0.497 e. The predicted octanol–water partition coefficient (Wildman–Crippen LogP) is 3.90. The summed E-state index contributed by atoms with van der Waals surface area (Å²) in [5.41, 5.74) is 2.22. The Labute approximate surface area is 187 Å². The van der Waals surface area contributed by atoms with Crippen molar-refractivity contribution >= 4 is 28.4 Å². The lowest BCUT2D eigenvalue weighted by molar-refractivity contribution is -0.120. The number of fused-ring (bicyclic) bond motifs is 1. The smallest absolute Gasteiger partial charge is 0.258 e. The topological polar surface area (TPSA) is 85.8 Å². The van der Waals surface area contributed by atoms with Gasteiger partial charge >= 0.3 is 0 Å². The van der Waals surface area contributed by atoms with Gasteiger partial charge in [0.2, 0.25) is 5.91 Å². The molecule has 1 N–H and O–H groups in total. The molecule has 0 spiro atoms. The molecule has 1 saturated heterocycles. The van der Waals surface area contributed by atoms with E-state index in [9.17, 15) is 4.79 Å². The SMILES string of the molecule is CCOc1nc2ccccc2nc1N1CCCC(C(=O)Nc2ccc(OC)cc2OC)C1. The molecule has 1 unspecified atom stereocenters. The fourth-order valence-electron chi connectivity index (χ4n) is 3.93. The van der Waals surface area contributed by atoms with Crippen molar-refractivity contribution in [3.05, 3.63) is 42.5 Å². The maximum absolute atomic E-state index is 13.1. The number of aromatic nitrogens is 2. The van der Waals surface area contributed by atoms with Crippen LogP contribution in [-0.4, -0.2) is 49.8 Å². The number of nitrogens with one attached hydrogen (secondary N) is 1. The Morgan fingerprint density at radius 1 is 1.12 bits per heavy atom. The standard InChI is InChI=1S/C24H28N4O4/c1-4-32-24-22(25-18-9-5-6-10-19(18)27-24)28-13-7-8-16(15-28)23(29)26-20-12-11-17(30-2)14-21(20)31-3/h5-6,9-12,14,16H,4,7-8,13,15H2,1-3H3,(H,26,29). The number of hydrogen-bond acceptors (Lipinski definition) is 7. The summed E-state index contributed by atoms with van der Waals surface area (Å²) in [6.07, 6.45) is 1.67. The monoisotopic (exact) mass is 436 g/mol. The van der Waals surface area contributed by atoms with Gasteiger partial charge in [0.15, 0.2) is 5.82 Å². The lowest BCUT2D eigenvalue weighted by atomic mass is 9.97. The number of amides is 1. The molecule has 1 fully saturated rings. The first kappa shape index (κ1) is 21.7. The first-order valence-corrected chi connectivity index (χ1v) is 10.8. The molecule has 1 atom stereocenters. The summed E-state index contributed by atoms with van der Waals surface area (Å²) in [6, 6.07) is 13.1. The molecule has 1 aromatic heterocycles. The molecule has 8 nitrogen and oxygen atoms in total. The van der Waals surface area contributed by atoms with Gasteiger partial charge in [0.1, 0.15) is 11.5 Å². The van der Waals surface area contributed by atoms with Crippen LogP contribution in [0.4, 0.5) is 11.5 Å². The Kier molecular flexibility index (Phi) is 6.58. The molecule has 0 bridgehead atoms. The Bertz CT molecular complexity index is 1100. The maximum atomic E-state index is 13.1. The number of benzene rings is 2. The first-order chi connectivity index (χ1) is 15.6. The van der Waals surface area contributed by atoms with Crippen molar-refractivity contribution in [1.82, 2.24) is 9.97 Å². The molecule has 2 heterocycles. The quantitative estimate of drug-likeness (QED) is 0.601. The van der Waals surface area contributed by atoms with Gasteiger partial charge in [-0.1, -0.05) is 12.1 Å². The molecule has 0 saturated carbocycles. The highest BCUT2D eigenvalue weighted by molar-refractivity contribution is 5.94. The minimum Gasteiger partial charge on any atom is -0.497 e. The zero-order valence-electron chi connectivity index (χ0n) is 18.6. The van der Waals surface area contributed by atoms with E-state index in [-0.39, 0.29) is 11.8 Å². The van der Waals surface area contributed by atoms with Crippen molar-refractivity contribution in [2.45, 2.75) is 19.8 Å². The summed E-state index contributed by atoms with van der Waals surface area (Å²) in [4.78, 5) is 24.7. The summed E-state index contributed by atoms with van der Waals surface area (Å²) < 4.78 is 16.4. The fraction of sp³-hybridized carbons (Fsp3) is 0.375. The second kappa shape index (κ2) is 9.72. The first-order valence-electron chi connectivity index (χ1n) is 10.8. The normalized spacial score (nSPS) is 16.0. The molecule has 8 heteroatoms. The average molecular weight is 437 g/mol. The predicted molar refractivity (Wildman–Crippen MR) is 124 cm³/mol. The van der Waals surface area contributed by atoms with Crippen molar-refractivity contribution in [2.75, 3.05) is 44.1 Å². The molecule has 1 aliphatic heterocycles. The van der Waals surface area contributed by atoms with Crippen LogP contribution in [0.3, 0.4) is 0 Å². The van der Waals surface area contributed by atoms with Crippen molar-refractivity contribution in [2.24, 2.45) is 5.92 Å². The molecule has 0 radical (unpaired) electrons. The number of ether oxygens (including phenoxy) is 3. The van der Waals surface area contributed by atoms with Crippen LogP contribution in [0.5, 0.6) is 17.4 Å². The summed E-state index contributed by atoms with van der Waals surface area (Å²) in [5.74, 6) is 2.17. The van der Waals surface area contributed by atoms with Crippen LogP contribution in [0.1, 0.15) is 19.8 Å². The van der Waals surface area contributed by atoms with Crippen LogP contribution in [0.15, 0.2) is 42.5 Å². The summed E-state index contributed by atoms with van der Waals surface area (Å²) in [7, 11) is 3.16. The van der Waals surface area contributed by atoms with Gasteiger partial charge in [-0.3, -0.25) is 4.79 Å². The van der Waals surface area contributed by atoms with E-state index in [1.54, 1.807) is 32.4 Å². The number of carbonyl (C=O) groups excluding carboxylic acids is 1. The number of methoxy groups -OCH3 is 2. The van der Waals surface area contributed by atoms with Gasteiger partial charge < -0.3 is 24.4 Å². The van der Waals surface area contributed by atoms with E-state index in [0.717, 1.165) is 30.4 Å². The van der Waals surface area contributed by atoms with E-state index in [1.807, 2.05) is 31.2 Å². The van der Waals surface area contributed by atoms with E-state index in [1.165, 1.54) is 0 Å². The summed E-state index contributed by atoms with van der Waals surface area (Å²) >= 11 is 0. The molecular weight excluding hydrogens is 408 g/mol. The summed E-state index contributed by atoms with van der Waals surface area (Å²) in [5, 5.41) is 3.01. The van der Waals surface area contributed by atoms with E-state index in [4.69, 9.17) is 19.2 Å². The third-order valence-electron chi connectivity index (χ3n) is 5.56. The highest BCUT2D eigenvalue weighted by atomic mass is 16.5. The second-order valence-corrected chi connectivity index (χ2v) is 7.61. The lowest BCUT2D eigenvalue weighted by Crippen LogP contribution is -2.41. The van der Waals surface area contributed by atoms with Gasteiger partial charge in [0.25, 0.3) is 5.88 Å². The zero-order valence-corrected chi connectivity index (χ0v) is 18.6. The van der Waals surface area contributed by atoms with Crippen LogP contribution >= 0.6 is 0 Å². The van der Waals surface area contributed by atoms with E-state index >= 15 is 0 Å². The van der Waals surface area contributed by atoms with Gasteiger partial charge in [0.05, 0.1) is 43.5 Å². The third-order valence-corrected chi connectivity index (χ3v) is 5.56. The van der Waals surface area contributed by atoms with Crippen LogP contribution in [0.2, 0.25) is 0 Å². The number of nitrogens with zero attached hydrogens (tertiary/aromatic N) is 3. The zero-order chi connectivity index (χ0) is 22.5. The summed E-state index contributed by atoms with van der Waals surface area (Å²) in [6.45, 7) is 3.75. The molecular formula is C24H28N4O4. The molecule has 1 aliphatic rings.